The standard InChI is InChI=1S/C19H24N2O6S2/c1-3-12-28(22,23)20-14-8-9-19(18(13-14)26-2)29(24,25)21-16-10-11-27-17-7-5-4-6-15(16)17/h4-9,13,16,20-21H,3,10-12H2,1-2H3/t16-/m1/s1. The van der Waals surface area contributed by atoms with Crippen molar-refractivity contribution in [2.45, 2.75) is 30.7 Å². The summed E-state index contributed by atoms with van der Waals surface area (Å²) in [6, 6.07) is 10.9. The summed E-state index contributed by atoms with van der Waals surface area (Å²) in [5.41, 5.74) is 1.01. The summed E-state index contributed by atoms with van der Waals surface area (Å²) in [5, 5.41) is 0. The number of ether oxygens (including phenoxy) is 2. The molecule has 0 radical (unpaired) electrons. The minimum atomic E-state index is -3.92. The largest absolute Gasteiger partial charge is 0.495 e. The quantitative estimate of drug-likeness (QED) is 0.653. The lowest BCUT2D eigenvalue weighted by Crippen LogP contribution is -2.32. The molecule has 1 heterocycles. The van der Waals surface area contributed by atoms with Crippen molar-refractivity contribution in [1.82, 2.24) is 4.72 Å². The van der Waals surface area contributed by atoms with Gasteiger partial charge in [0.2, 0.25) is 20.0 Å². The minimum absolute atomic E-state index is 0.0277. The number of hydrogen-bond acceptors (Lipinski definition) is 6. The molecular weight excluding hydrogens is 416 g/mol. The topological polar surface area (TPSA) is 111 Å². The summed E-state index contributed by atoms with van der Waals surface area (Å²) in [7, 11) is -6.09. The molecular formula is C19H24N2O6S2. The first-order valence-corrected chi connectivity index (χ1v) is 12.3. The fraction of sp³-hybridized carbons (Fsp3) is 0.368. The summed E-state index contributed by atoms with van der Waals surface area (Å²) in [6.07, 6.45) is 0.961. The molecule has 0 unspecified atom stereocenters. The second-order valence-corrected chi connectivity index (χ2v) is 10.2. The molecule has 0 amide bonds. The number of fused-ring (bicyclic) bond motifs is 1. The molecule has 0 aromatic heterocycles. The number of anilines is 1. The number of nitrogens with one attached hydrogen (secondary N) is 2. The number of benzene rings is 2. The lowest BCUT2D eigenvalue weighted by atomic mass is 10.0. The Balaban J connectivity index is 1.88. The van der Waals surface area contributed by atoms with Crippen LogP contribution in [-0.4, -0.2) is 36.3 Å². The maximum Gasteiger partial charge on any atom is 0.244 e. The second kappa shape index (κ2) is 8.60. The Labute approximate surface area is 171 Å². The van der Waals surface area contributed by atoms with E-state index in [1.807, 2.05) is 18.2 Å². The van der Waals surface area contributed by atoms with Crippen LogP contribution >= 0.6 is 0 Å². The molecule has 3 rings (SSSR count). The molecule has 158 valence electrons. The van der Waals surface area contributed by atoms with Gasteiger partial charge < -0.3 is 9.47 Å². The van der Waals surface area contributed by atoms with Crippen molar-refractivity contribution in [3.05, 3.63) is 48.0 Å². The van der Waals surface area contributed by atoms with Crippen molar-refractivity contribution < 1.29 is 26.3 Å². The van der Waals surface area contributed by atoms with E-state index in [1.54, 1.807) is 13.0 Å². The van der Waals surface area contributed by atoms with Crippen molar-refractivity contribution in [3.8, 4) is 11.5 Å². The Hall–Kier alpha value is -2.30. The predicted molar refractivity (Wildman–Crippen MR) is 110 cm³/mol. The highest BCUT2D eigenvalue weighted by Gasteiger charge is 2.28. The minimum Gasteiger partial charge on any atom is -0.495 e. The summed E-state index contributed by atoms with van der Waals surface area (Å²) >= 11 is 0. The molecule has 0 aliphatic carbocycles. The first-order chi connectivity index (χ1) is 13.8. The predicted octanol–water partition coefficient (Wildman–Crippen LogP) is 2.65. The molecule has 1 atom stereocenters. The summed E-state index contributed by atoms with van der Waals surface area (Å²) in [5.74, 6) is 0.675. The van der Waals surface area contributed by atoms with Crippen molar-refractivity contribution >= 4 is 25.7 Å². The molecule has 2 aromatic carbocycles. The van der Waals surface area contributed by atoms with E-state index >= 15 is 0 Å². The molecule has 1 aliphatic rings. The third-order valence-electron chi connectivity index (χ3n) is 4.46. The van der Waals surface area contributed by atoms with E-state index in [0.29, 0.717) is 25.2 Å². The Bertz CT molecular complexity index is 1080. The Morgan fingerprint density at radius 2 is 1.90 bits per heavy atom. The molecule has 0 fully saturated rings. The van der Waals surface area contributed by atoms with Crippen molar-refractivity contribution in [3.63, 3.8) is 0 Å². The average molecular weight is 441 g/mol. The van der Waals surface area contributed by atoms with E-state index in [-0.39, 0.29) is 22.1 Å². The first-order valence-electron chi connectivity index (χ1n) is 9.18. The van der Waals surface area contributed by atoms with E-state index in [4.69, 9.17) is 9.47 Å². The molecule has 0 saturated carbocycles. The molecule has 29 heavy (non-hydrogen) atoms. The van der Waals surface area contributed by atoms with E-state index in [9.17, 15) is 16.8 Å². The van der Waals surface area contributed by atoms with Crippen LogP contribution in [0.25, 0.3) is 0 Å². The van der Waals surface area contributed by atoms with Crippen LogP contribution in [0.15, 0.2) is 47.4 Å². The molecule has 10 heteroatoms. The zero-order valence-corrected chi connectivity index (χ0v) is 17.8. The summed E-state index contributed by atoms with van der Waals surface area (Å²) in [6.45, 7) is 2.16. The van der Waals surface area contributed by atoms with Crippen molar-refractivity contribution in [2.24, 2.45) is 0 Å². The highest BCUT2D eigenvalue weighted by Crippen LogP contribution is 2.34. The highest BCUT2D eigenvalue weighted by molar-refractivity contribution is 7.92. The number of sulfonamides is 2. The van der Waals surface area contributed by atoms with Gasteiger partial charge in [0.05, 0.1) is 31.2 Å². The van der Waals surface area contributed by atoms with Crippen molar-refractivity contribution in [1.29, 1.82) is 0 Å². The normalized spacial score (nSPS) is 16.6. The van der Waals surface area contributed by atoms with Gasteiger partial charge in [-0.2, -0.15) is 0 Å². The van der Waals surface area contributed by atoms with Gasteiger partial charge in [0.25, 0.3) is 0 Å². The lowest BCUT2D eigenvalue weighted by molar-refractivity contribution is 0.263. The molecule has 0 saturated heterocycles. The third kappa shape index (κ3) is 5.01. The average Bonchev–Trinajstić information content (AvgIpc) is 2.67. The lowest BCUT2D eigenvalue weighted by Gasteiger charge is -2.26. The molecule has 2 aromatic rings. The van der Waals surface area contributed by atoms with E-state index in [1.165, 1.54) is 25.3 Å². The number of rotatable bonds is 8. The zero-order chi connectivity index (χ0) is 21.1. The van der Waals surface area contributed by atoms with Crippen LogP contribution in [0.5, 0.6) is 11.5 Å². The Morgan fingerprint density at radius 3 is 2.62 bits per heavy atom. The van der Waals surface area contributed by atoms with Gasteiger partial charge in [-0.25, -0.2) is 21.6 Å². The number of para-hydroxylation sites is 1. The smallest absolute Gasteiger partial charge is 0.244 e. The van der Waals surface area contributed by atoms with Gasteiger partial charge in [0.15, 0.2) is 0 Å². The third-order valence-corrected chi connectivity index (χ3v) is 7.46. The van der Waals surface area contributed by atoms with Gasteiger partial charge in [0.1, 0.15) is 16.4 Å². The van der Waals surface area contributed by atoms with Crippen LogP contribution in [0.2, 0.25) is 0 Å². The van der Waals surface area contributed by atoms with Crippen LogP contribution in [0, 0.1) is 0 Å². The number of methoxy groups -OCH3 is 1. The van der Waals surface area contributed by atoms with Crippen LogP contribution in [0.4, 0.5) is 5.69 Å². The molecule has 2 N–H and O–H groups in total. The molecule has 1 aliphatic heterocycles. The zero-order valence-electron chi connectivity index (χ0n) is 16.2. The van der Waals surface area contributed by atoms with E-state index < -0.39 is 26.1 Å². The first kappa shape index (κ1) is 21.4. The Kier molecular flexibility index (Phi) is 6.35. The maximum absolute atomic E-state index is 13.0. The van der Waals surface area contributed by atoms with Crippen LogP contribution in [-0.2, 0) is 20.0 Å². The second-order valence-electron chi connectivity index (χ2n) is 6.64. The monoisotopic (exact) mass is 440 g/mol. The molecule has 0 spiro atoms. The number of hydrogen-bond donors (Lipinski definition) is 2. The van der Waals surface area contributed by atoms with Gasteiger partial charge >= 0.3 is 0 Å². The van der Waals surface area contributed by atoms with Gasteiger partial charge in [-0.3, -0.25) is 4.72 Å². The summed E-state index contributed by atoms with van der Waals surface area (Å²) < 4.78 is 65.9. The molecule has 0 bridgehead atoms. The fourth-order valence-corrected chi connectivity index (χ4v) is 5.69. The van der Waals surface area contributed by atoms with Gasteiger partial charge in [-0.1, -0.05) is 25.1 Å². The van der Waals surface area contributed by atoms with Crippen LogP contribution in [0.3, 0.4) is 0 Å². The van der Waals surface area contributed by atoms with E-state index in [2.05, 4.69) is 9.44 Å². The maximum atomic E-state index is 13.0. The summed E-state index contributed by atoms with van der Waals surface area (Å²) in [4.78, 5) is -0.0672. The fourth-order valence-electron chi connectivity index (χ4n) is 3.17. The van der Waals surface area contributed by atoms with Crippen molar-refractivity contribution in [2.75, 3.05) is 24.2 Å². The Morgan fingerprint density at radius 1 is 1.14 bits per heavy atom. The highest BCUT2D eigenvalue weighted by atomic mass is 32.2. The van der Waals surface area contributed by atoms with Crippen LogP contribution in [0.1, 0.15) is 31.4 Å². The van der Waals surface area contributed by atoms with Gasteiger partial charge in [-0.15, -0.1) is 0 Å². The van der Waals surface area contributed by atoms with E-state index in [0.717, 1.165) is 5.56 Å². The molecule has 8 nitrogen and oxygen atoms in total. The van der Waals surface area contributed by atoms with Gasteiger partial charge in [-0.05, 0) is 24.6 Å². The SMILES string of the molecule is CCCS(=O)(=O)Nc1ccc(S(=O)(=O)N[C@@H]2CCOc3ccccc32)c(OC)c1. The van der Waals surface area contributed by atoms with Gasteiger partial charge in [0, 0.05) is 18.1 Å². The van der Waals surface area contributed by atoms with Crippen LogP contribution < -0.4 is 18.9 Å².